The standard InChI is InChI=1S/C11H17N3/c1-8-6-9(4-3-5-14-2)7-10(12)11(8)13/h3-4,6-7,14H,5,12-13H2,1-2H3. The third-order valence-corrected chi connectivity index (χ3v) is 2.07. The van der Waals surface area contributed by atoms with E-state index in [2.05, 4.69) is 5.32 Å². The molecule has 1 aromatic carbocycles. The Labute approximate surface area is 84.8 Å². The predicted octanol–water partition coefficient (Wildman–Crippen LogP) is 1.39. The Balaban J connectivity index is 2.89. The number of nitrogen functional groups attached to an aromatic ring is 2. The van der Waals surface area contributed by atoms with Crippen LogP contribution in [0, 0.1) is 6.92 Å². The normalized spacial score (nSPS) is 11.0. The molecular formula is C11H17N3. The summed E-state index contributed by atoms with van der Waals surface area (Å²) in [7, 11) is 1.91. The van der Waals surface area contributed by atoms with Crippen molar-refractivity contribution in [3.8, 4) is 0 Å². The number of anilines is 2. The minimum absolute atomic E-state index is 0.647. The molecule has 0 heterocycles. The van der Waals surface area contributed by atoms with Gasteiger partial charge >= 0.3 is 0 Å². The van der Waals surface area contributed by atoms with Gasteiger partial charge < -0.3 is 16.8 Å². The van der Waals surface area contributed by atoms with E-state index in [0.29, 0.717) is 11.4 Å². The molecule has 3 nitrogen and oxygen atoms in total. The topological polar surface area (TPSA) is 64.1 Å². The number of aryl methyl sites for hydroxylation is 1. The van der Waals surface area contributed by atoms with Crippen molar-refractivity contribution in [1.29, 1.82) is 0 Å². The van der Waals surface area contributed by atoms with Gasteiger partial charge in [-0.2, -0.15) is 0 Å². The van der Waals surface area contributed by atoms with E-state index in [-0.39, 0.29) is 0 Å². The molecular weight excluding hydrogens is 174 g/mol. The number of hydrogen-bond donors (Lipinski definition) is 3. The summed E-state index contributed by atoms with van der Waals surface area (Å²) in [5, 5.41) is 3.04. The number of nitrogens with two attached hydrogens (primary N) is 2. The third-order valence-electron chi connectivity index (χ3n) is 2.07. The Kier molecular flexibility index (Phi) is 3.54. The summed E-state index contributed by atoms with van der Waals surface area (Å²) in [6.45, 7) is 2.81. The fourth-order valence-electron chi connectivity index (χ4n) is 1.26. The SMILES string of the molecule is CNCC=Cc1cc(C)c(N)c(N)c1. The molecule has 0 aliphatic heterocycles. The lowest BCUT2D eigenvalue weighted by molar-refractivity contribution is 0.922. The number of nitrogens with one attached hydrogen (secondary N) is 1. The Morgan fingerprint density at radius 3 is 2.64 bits per heavy atom. The van der Waals surface area contributed by atoms with Gasteiger partial charge in [-0.3, -0.25) is 0 Å². The van der Waals surface area contributed by atoms with Crippen LogP contribution in [-0.2, 0) is 0 Å². The van der Waals surface area contributed by atoms with E-state index in [9.17, 15) is 0 Å². The Hall–Kier alpha value is -1.48. The van der Waals surface area contributed by atoms with Gasteiger partial charge in [-0.05, 0) is 37.2 Å². The molecule has 0 saturated heterocycles. The average Bonchev–Trinajstić information content (AvgIpc) is 2.14. The highest BCUT2D eigenvalue weighted by Crippen LogP contribution is 2.22. The van der Waals surface area contributed by atoms with E-state index in [1.165, 1.54) is 0 Å². The lowest BCUT2D eigenvalue weighted by Gasteiger charge is -2.05. The number of rotatable bonds is 3. The highest BCUT2D eigenvalue weighted by Gasteiger charge is 1.99. The molecule has 1 aromatic rings. The molecule has 76 valence electrons. The quantitative estimate of drug-likeness (QED) is 0.633. The van der Waals surface area contributed by atoms with Crippen molar-refractivity contribution in [2.75, 3.05) is 25.1 Å². The molecule has 3 heteroatoms. The van der Waals surface area contributed by atoms with Gasteiger partial charge in [-0.15, -0.1) is 0 Å². The first-order chi connectivity index (χ1) is 6.65. The highest BCUT2D eigenvalue weighted by molar-refractivity contribution is 5.71. The minimum atomic E-state index is 0.647. The molecule has 0 unspecified atom stereocenters. The smallest absolute Gasteiger partial charge is 0.0577 e. The second kappa shape index (κ2) is 4.67. The maximum absolute atomic E-state index is 5.75. The molecule has 0 aliphatic rings. The van der Waals surface area contributed by atoms with Crippen LogP contribution < -0.4 is 16.8 Å². The Morgan fingerprint density at radius 2 is 2.07 bits per heavy atom. The monoisotopic (exact) mass is 191 g/mol. The van der Waals surface area contributed by atoms with E-state index in [1.807, 2.05) is 38.3 Å². The van der Waals surface area contributed by atoms with Crippen molar-refractivity contribution in [3.63, 3.8) is 0 Å². The molecule has 0 atom stereocenters. The van der Waals surface area contributed by atoms with Crippen LogP contribution in [0.2, 0.25) is 0 Å². The molecule has 0 fully saturated rings. The fourth-order valence-corrected chi connectivity index (χ4v) is 1.26. The molecule has 0 spiro atoms. The molecule has 1 rings (SSSR count). The van der Waals surface area contributed by atoms with Crippen LogP contribution in [-0.4, -0.2) is 13.6 Å². The summed E-state index contributed by atoms with van der Waals surface area (Å²) in [5.74, 6) is 0. The van der Waals surface area contributed by atoms with Gasteiger partial charge in [0.25, 0.3) is 0 Å². The minimum Gasteiger partial charge on any atom is -0.397 e. The summed E-state index contributed by atoms with van der Waals surface area (Å²) in [6, 6.07) is 3.91. The predicted molar refractivity (Wildman–Crippen MR) is 63.0 cm³/mol. The van der Waals surface area contributed by atoms with Crippen LogP contribution in [0.5, 0.6) is 0 Å². The molecule has 0 amide bonds. The zero-order valence-electron chi connectivity index (χ0n) is 8.67. The van der Waals surface area contributed by atoms with E-state index in [0.717, 1.165) is 17.7 Å². The van der Waals surface area contributed by atoms with Crippen molar-refractivity contribution >= 4 is 17.5 Å². The fraction of sp³-hybridized carbons (Fsp3) is 0.273. The highest BCUT2D eigenvalue weighted by atomic mass is 14.8. The first-order valence-electron chi connectivity index (χ1n) is 4.62. The van der Waals surface area contributed by atoms with Crippen LogP contribution in [0.25, 0.3) is 6.08 Å². The van der Waals surface area contributed by atoms with Gasteiger partial charge in [0.2, 0.25) is 0 Å². The number of hydrogen-bond acceptors (Lipinski definition) is 3. The maximum Gasteiger partial charge on any atom is 0.0577 e. The largest absolute Gasteiger partial charge is 0.397 e. The van der Waals surface area contributed by atoms with Crippen LogP contribution >= 0.6 is 0 Å². The van der Waals surface area contributed by atoms with Crippen LogP contribution in [0.3, 0.4) is 0 Å². The van der Waals surface area contributed by atoms with Crippen LogP contribution in [0.4, 0.5) is 11.4 Å². The van der Waals surface area contributed by atoms with Gasteiger partial charge in [-0.1, -0.05) is 12.2 Å². The summed E-state index contributed by atoms with van der Waals surface area (Å²) < 4.78 is 0. The third kappa shape index (κ3) is 2.50. The zero-order valence-corrected chi connectivity index (χ0v) is 8.67. The number of likely N-dealkylation sites (N-methyl/N-ethyl adjacent to an activating group) is 1. The van der Waals surface area contributed by atoms with E-state index in [1.54, 1.807) is 0 Å². The molecule has 0 aromatic heterocycles. The van der Waals surface area contributed by atoms with E-state index >= 15 is 0 Å². The van der Waals surface area contributed by atoms with Crippen LogP contribution in [0.1, 0.15) is 11.1 Å². The van der Waals surface area contributed by atoms with E-state index < -0.39 is 0 Å². The summed E-state index contributed by atoms with van der Waals surface area (Å²) in [6.07, 6.45) is 4.07. The molecule has 5 N–H and O–H groups in total. The van der Waals surface area contributed by atoms with Crippen molar-refractivity contribution in [2.45, 2.75) is 6.92 Å². The number of benzene rings is 1. The van der Waals surface area contributed by atoms with Gasteiger partial charge in [0.1, 0.15) is 0 Å². The molecule has 0 bridgehead atoms. The second-order valence-electron chi connectivity index (χ2n) is 3.30. The van der Waals surface area contributed by atoms with Crippen molar-refractivity contribution in [3.05, 3.63) is 29.3 Å². The molecule has 0 radical (unpaired) electrons. The van der Waals surface area contributed by atoms with Crippen molar-refractivity contribution in [2.24, 2.45) is 0 Å². The second-order valence-corrected chi connectivity index (χ2v) is 3.30. The van der Waals surface area contributed by atoms with Crippen LogP contribution in [0.15, 0.2) is 18.2 Å². The first-order valence-corrected chi connectivity index (χ1v) is 4.62. The summed E-state index contributed by atoms with van der Waals surface area (Å²) in [5.41, 5.74) is 14.9. The van der Waals surface area contributed by atoms with Crippen molar-refractivity contribution in [1.82, 2.24) is 5.32 Å². The Morgan fingerprint density at radius 1 is 1.36 bits per heavy atom. The zero-order chi connectivity index (χ0) is 10.6. The molecule has 0 saturated carbocycles. The molecule has 0 aliphatic carbocycles. The lowest BCUT2D eigenvalue weighted by Crippen LogP contribution is -2.03. The van der Waals surface area contributed by atoms with Crippen molar-refractivity contribution < 1.29 is 0 Å². The summed E-state index contributed by atoms with van der Waals surface area (Å²) >= 11 is 0. The van der Waals surface area contributed by atoms with Gasteiger partial charge in [0.15, 0.2) is 0 Å². The average molecular weight is 191 g/mol. The van der Waals surface area contributed by atoms with Gasteiger partial charge in [-0.25, -0.2) is 0 Å². The van der Waals surface area contributed by atoms with Gasteiger partial charge in [0, 0.05) is 6.54 Å². The maximum atomic E-state index is 5.75. The summed E-state index contributed by atoms with van der Waals surface area (Å²) in [4.78, 5) is 0. The lowest BCUT2D eigenvalue weighted by atomic mass is 10.1. The van der Waals surface area contributed by atoms with Gasteiger partial charge in [0.05, 0.1) is 11.4 Å². The van der Waals surface area contributed by atoms with E-state index in [4.69, 9.17) is 11.5 Å². The first kappa shape index (κ1) is 10.6. The molecule has 14 heavy (non-hydrogen) atoms. The Bertz CT molecular complexity index is 319.